The third-order valence-electron chi connectivity index (χ3n) is 2.54. The van der Waals surface area contributed by atoms with Crippen molar-refractivity contribution >= 4 is 43.4 Å². The highest BCUT2D eigenvalue weighted by Gasteiger charge is 2.06. The van der Waals surface area contributed by atoms with Gasteiger partial charge in [0.2, 0.25) is 5.91 Å². The Labute approximate surface area is 130 Å². The third kappa shape index (κ3) is 4.57. The molecule has 0 atom stereocenters. The number of hydrogen-bond acceptors (Lipinski definition) is 4. The Kier molecular flexibility index (Phi) is 4.64. The highest BCUT2D eigenvalue weighted by atomic mass is 79.9. The van der Waals surface area contributed by atoms with Gasteiger partial charge in [0.25, 0.3) is 0 Å². The molecular weight excluding hydrogens is 358 g/mol. The van der Waals surface area contributed by atoms with Crippen LogP contribution >= 0.6 is 15.9 Å². The van der Waals surface area contributed by atoms with Crippen LogP contribution in [0.15, 0.2) is 56.5 Å². The van der Waals surface area contributed by atoms with Crippen LogP contribution in [0, 0.1) is 0 Å². The van der Waals surface area contributed by atoms with Gasteiger partial charge in [-0.15, -0.1) is 0 Å². The minimum absolute atomic E-state index is 0.205. The predicted molar refractivity (Wildman–Crippen MR) is 83.6 cm³/mol. The lowest BCUT2D eigenvalue weighted by Gasteiger charge is -2.03. The lowest BCUT2D eigenvalue weighted by Crippen LogP contribution is -2.07. The zero-order valence-corrected chi connectivity index (χ0v) is 13.4. The Hall–Kier alpha value is -1.86. The van der Waals surface area contributed by atoms with Crippen molar-refractivity contribution < 1.29 is 17.6 Å². The molecule has 0 saturated carbocycles. The van der Waals surface area contributed by atoms with E-state index in [0.717, 1.165) is 6.26 Å². The highest BCUT2D eigenvalue weighted by molar-refractivity contribution is 9.10. The number of carbonyl (C=O) groups is 1. The molecule has 2 rings (SSSR count). The Bertz CT molecular complexity index is 776. The summed E-state index contributed by atoms with van der Waals surface area (Å²) in [6.45, 7) is 0. The Morgan fingerprint density at radius 2 is 1.86 bits per heavy atom. The van der Waals surface area contributed by atoms with Crippen molar-refractivity contribution in [2.24, 2.45) is 0 Å². The summed E-state index contributed by atoms with van der Waals surface area (Å²) >= 11 is 3.17. The van der Waals surface area contributed by atoms with E-state index in [1.165, 1.54) is 36.4 Å². The first-order valence-electron chi connectivity index (χ1n) is 5.89. The molecule has 21 heavy (non-hydrogen) atoms. The van der Waals surface area contributed by atoms with E-state index >= 15 is 0 Å². The molecule has 1 aromatic carbocycles. The van der Waals surface area contributed by atoms with Crippen molar-refractivity contribution in [3.05, 3.63) is 52.9 Å². The van der Waals surface area contributed by atoms with Crippen molar-refractivity contribution in [2.45, 2.75) is 4.90 Å². The van der Waals surface area contributed by atoms with Crippen LogP contribution in [0.1, 0.15) is 5.76 Å². The first kappa shape index (κ1) is 15.5. The summed E-state index contributed by atoms with van der Waals surface area (Å²) in [7, 11) is -3.24. The van der Waals surface area contributed by atoms with E-state index in [-0.39, 0.29) is 10.8 Å². The van der Waals surface area contributed by atoms with Crippen molar-refractivity contribution in [3.8, 4) is 0 Å². The van der Waals surface area contributed by atoms with Crippen LogP contribution in [-0.4, -0.2) is 20.6 Å². The molecule has 1 N–H and O–H groups in total. The van der Waals surface area contributed by atoms with Crippen LogP contribution in [0.25, 0.3) is 6.08 Å². The van der Waals surface area contributed by atoms with E-state index in [4.69, 9.17) is 4.42 Å². The summed E-state index contributed by atoms with van der Waals surface area (Å²) in [5, 5.41) is 2.62. The Morgan fingerprint density at radius 3 is 2.38 bits per heavy atom. The number of sulfone groups is 1. The van der Waals surface area contributed by atoms with Gasteiger partial charge in [-0.1, -0.05) is 0 Å². The van der Waals surface area contributed by atoms with E-state index in [9.17, 15) is 13.2 Å². The fourth-order valence-corrected chi connectivity index (χ4v) is 2.49. The van der Waals surface area contributed by atoms with Gasteiger partial charge in [-0.2, -0.15) is 0 Å². The van der Waals surface area contributed by atoms with Crippen LogP contribution < -0.4 is 5.32 Å². The molecule has 0 fully saturated rings. The van der Waals surface area contributed by atoms with Crippen molar-refractivity contribution in [1.29, 1.82) is 0 Å². The minimum atomic E-state index is -3.24. The van der Waals surface area contributed by atoms with Crippen LogP contribution in [0.3, 0.4) is 0 Å². The maximum absolute atomic E-state index is 11.7. The predicted octanol–water partition coefficient (Wildman–Crippen LogP) is 3.10. The van der Waals surface area contributed by atoms with Gasteiger partial charge in [-0.05, 0) is 58.4 Å². The van der Waals surface area contributed by atoms with Crippen molar-refractivity contribution in [3.63, 3.8) is 0 Å². The molecule has 0 radical (unpaired) electrons. The molecule has 7 heteroatoms. The number of halogens is 1. The zero-order valence-electron chi connectivity index (χ0n) is 11.0. The number of nitrogens with one attached hydrogen (secondary N) is 1. The van der Waals surface area contributed by atoms with E-state index < -0.39 is 9.84 Å². The zero-order chi connectivity index (χ0) is 15.5. The number of benzene rings is 1. The minimum Gasteiger partial charge on any atom is -0.450 e. The average Bonchev–Trinajstić information content (AvgIpc) is 2.82. The molecule has 0 aliphatic heterocycles. The normalized spacial score (nSPS) is 11.7. The highest BCUT2D eigenvalue weighted by Crippen LogP contribution is 2.16. The summed E-state index contributed by atoms with van der Waals surface area (Å²) in [5.41, 5.74) is 0.512. The second kappa shape index (κ2) is 6.28. The summed E-state index contributed by atoms with van der Waals surface area (Å²) in [6, 6.07) is 9.39. The van der Waals surface area contributed by atoms with Gasteiger partial charge in [-0.3, -0.25) is 4.79 Å². The van der Waals surface area contributed by atoms with Gasteiger partial charge >= 0.3 is 0 Å². The first-order valence-corrected chi connectivity index (χ1v) is 8.57. The lowest BCUT2D eigenvalue weighted by molar-refractivity contribution is -0.111. The third-order valence-corrected chi connectivity index (χ3v) is 4.10. The van der Waals surface area contributed by atoms with Crippen LogP contribution in [0.2, 0.25) is 0 Å². The molecule has 0 saturated heterocycles. The summed E-state index contributed by atoms with van der Waals surface area (Å²) in [4.78, 5) is 11.9. The van der Waals surface area contributed by atoms with Gasteiger partial charge in [0.05, 0.1) is 4.90 Å². The van der Waals surface area contributed by atoms with Gasteiger partial charge in [0.1, 0.15) is 5.76 Å². The summed E-state index contributed by atoms with van der Waals surface area (Å²) in [6.07, 6.45) is 3.99. The average molecular weight is 370 g/mol. The molecule has 0 spiro atoms. The number of carbonyl (C=O) groups excluding carboxylic acids is 1. The lowest BCUT2D eigenvalue weighted by atomic mass is 10.3. The number of amides is 1. The van der Waals surface area contributed by atoms with Crippen LogP contribution in [0.4, 0.5) is 5.69 Å². The first-order chi connectivity index (χ1) is 9.84. The second-order valence-electron chi connectivity index (χ2n) is 4.26. The van der Waals surface area contributed by atoms with Crippen molar-refractivity contribution in [2.75, 3.05) is 11.6 Å². The summed E-state index contributed by atoms with van der Waals surface area (Å²) in [5.74, 6) is 0.207. The molecule has 0 bridgehead atoms. The van der Waals surface area contributed by atoms with E-state index in [1.54, 1.807) is 12.1 Å². The summed E-state index contributed by atoms with van der Waals surface area (Å²) < 4.78 is 28.4. The molecule has 1 aromatic heterocycles. The number of hydrogen-bond donors (Lipinski definition) is 1. The molecule has 1 heterocycles. The van der Waals surface area contributed by atoms with E-state index in [2.05, 4.69) is 21.2 Å². The fraction of sp³-hybridized carbons (Fsp3) is 0.0714. The second-order valence-corrected chi connectivity index (χ2v) is 7.06. The fourth-order valence-electron chi connectivity index (χ4n) is 1.55. The molecule has 1 amide bonds. The standard InChI is InChI=1S/C14H12BrNO4S/c1-21(18,19)12-6-2-10(3-7-12)16-14(17)9-5-11-4-8-13(15)20-11/h2-9H,1H3,(H,16,17)/b9-5+. The van der Waals surface area contributed by atoms with E-state index in [1.807, 2.05) is 0 Å². The SMILES string of the molecule is CS(=O)(=O)c1ccc(NC(=O)/C=C/c2ccc(Br)o2)cc1. The van der Waals surface area contributed by atoms with E-state index in [0.29, 0.717) is 16.1 Å². The van der Waals surface area contributed by atoms with Gasteiger partial charge < -0.3 is 9.73 Å². The molecular formula is C14H12BrNO4S. The van der Waals surface area contributed by atoms with Gasteiger partial charge in [-0.25, -0.2) is 8.42 Å². The quantitative estimate of drug-likeness (QED) is 0.840. The Balaban J connectivity index is 2.01. The molecule has 5 nitrogen and oxygen atoms in total. The largest absolute Gasteiger partial charge is 0.450 e. The van der Waals surface area contributed by atoms with Gasteiger partial charge in [0, 0.05) is 18.0 Å². The molecule has 0 aliphatic rings. The van der Waals surface area contributed by atoms with Gasteiger partial charge in [0.15, 0.2) is 14.5 Å². The monoisotopic (exact) mass is 369 g/mol. The molecule has 2 aromatic rings. The maximum atomic E-state index is 11.7. The molecule has 0 unspecified atom stereocenters. The number of anilines is 1. The molecule has 0 aliphatic carbocycles. The van der Waals surface area contributed by atoms with Crippen LogP contribution in [0.5, 0.6) is 0 Å². The number of rotatable bonds is 4. The molecule has 110 valence electrons. The smallest absolute Gasteiger partial charge is 0.248 e. The van der Waals surface area contributed by atoms with Crippen LogP contribution in [-0.2, 0) is 14.6 Å². The maximum Gasteiger partial charge on any atom is 0.248 e. The Morgan fingerprint density at radius 1 is 1.19 bits per heavy atom. The van der Waals surface area contributed by atoms with Crippen molar-refractivity contribution in [1.82, 2.24) is 0 Å². The topological polar surface area (TPSA) is 76.4 Å². The number of furan rings is 1.